The lowest BCUT2D eigenvalue weighted by atomic mass is 9.91. The van der Waals surface area contributed by atoms with Gasteiger partial charge in [0.1, 0.15) is 25.3 Å². The van der Waals surface area contributed by atoms with Crippen molar-refractivity contribution in [2.24, 2.45) is 0 Å². The van der Waals surface area contributed by atoms with Crippen LogP contribution in [-0.4, -0.2) is 47.5 Å². The minimum atomic E-state index is -1.32. The Morgan fingerprint density at radius 1 is 1.18 bits per heavy atom. The summed E-state index contributed by atoms with van der Waals surface area (Å²) in [6.07, 6.45) is 0. The number of carbonyl (C=O) groups excluding carboxylic acids is 3. The molecule has 0 aliphatic carbocycles. The van der Waals surface area contributed by atoms with E-state index in [9.17, 15) is 14.4 Å². The van der Waals surface area contributed by atoms with E-state index < -0.39 is 29.9 Å². The molecule has 10 heteroatoms. The number of benzene rings is 2. The van der Waals surface area contributed by atoms with Crippen LogP contribution < -0.4 is 20.1 Å². The second-order valence-electron chi connectivity index (χ2n) is 8.19. The van der Waals surface area contributed by atoms with E-state index in [1.165, 1.54) is 0 Å². The minimum absolute atomic E-state index is 0.406. The van der Waals surface area contributed by atoms with E-state index in [4.69, 9.17) is 9.47 Å². The molecule has 2 aliphatic rings. The number of urea groups is 1. The topological polar surface area (TPSA) is 110 Å². The summed E-state index contributed by atoms with van der Waals surface area (Å²) < 4.78 is 11.1. The highest BCUT2D eigenvalue weighted by Crippen LogP contribution is 2.36. The van der Waals surface area contributed by atoms with Crippen LogP contribution in [-0.2, 0) is 15.1 Å². The summed E-state index contributed by atoms with van der Waals surface area (Å²) in [6, 6.07) is 11.7. The predicted molar refractivity (Wildman–Crippen MR) is 126 cm³/mol. The smallest absolute Gasteiger partial charge is 0.325 e. The van der Waals surface area contributed by atoms with Crippen molar-refractivity contribution in [3.05, 3.63) is 58.4 Å². The van der Waals surface area contributed by atoms with E-state index in [-0.39, 0.29) is 0 Å². The molecule has 0 bridgehead atoms. The van der Waals surface area contributed by atoms with E-state index in [1.807, 2.05) is 24.4 Å². The van der Waals surface area contributed by atoms with Crippen molar-refractivity contribution in [2.75, 3.05) is 25.1 Å². The van der Waals surface area contributed by atoms with Gasteiger partial charge in [-0.2, -0.15) is 0 Å². The third kappa shape index (κ3) is 3.96. The number of anilines is 1. The number of aromatic nitrogens is 1. The summed E-state index contributed by atoms with van der Waals surface area (Å²) in [6.45, 7) is 3.98. The number of hydrogen-bond acceptors (Lipinski definition) is 7. The van der Waals surface area contributed by atoms with Crippen molar-refractivity contribution in [2.45, 2.75) is 19.4 Å². The fourth-order valence-corrected chi connectivity index (χ4v) is 4.61. The average Bonchev–Trinajstić information content (AvgIpc) is 3.36. The van der Waals surface area contributed by atoms with Gasteiger partial charge in [0.25, 0.3) is 5.91 Å². The molecule has 1 saturated heterocycles. The van der Waals surface area contributed by atoms with Gasteiger partial charge < -0.3 is 20.1 Å². The molecule has 174 valence electrons. The molecule has 0 unspecified atom stereocenters. The van der Waals surface area contributed by atoms with Gasteiger partial charge in [-0.1, -0.05) is 18.2 Å². The first-order valence-corrected chi connectivity index (χ1v) is 11.6. The lowest BCUT2D eigenvalue weighted by Gasteiger charge is -2.25. The first-order chi connectivity index (χ1) is 16.3. The number of aryl methyl sites for hydroxylation is 1. The maximum atomic E-state index is 13.2. The Morgan fingerprint density at radius 2 is 1.97 bits per heavy atom. The maximum absolute atomic E-state index is 13.2. The lowest BCUT2D eigenvalue weighted by molar-refractivity contribution is -0.133. The summed E-state index contributed by atoms with van der Waals surface area (Å²) in [7, 11) is 0. The number of nitrogens with zero attached hydrogens (tertiary/aromatic N) is 2. The zero-order chi connectivity index (χ0) is 23.9. The molecule has 0 spiro atoms. The van der Waals surface area contributed by atoms with Crippen LogP contribution in [0.2, 0.25) is 0 Å². The van der Waals surface area contributed by atoms with Crippen LogP contribution in [0.15, 0.2) is 47.8 Å². The fraction of sp³-hybridized carbons (Fsp3) is 0.250. The molecule has 2 aliphatic heterocycles. The zero-order valence-corrected chi connectivity index (χ0v) is 19.4. The van der Waals surface area contributed by atoms with Crippen molar-refractivity contribution < 1.29 is 23.9 Å². The molecule has 2 aromatic carbocycles. The lowest BCUT2D eigenvalue weighted by Crippen LogP contribution is -2.42. The molecule has 2 N–H and O–H groups in total. The quantitative estimate of drug-likeness (QED) is 0.545. The van der Waals surface area contributed by atoms with Gasteiger partial charge in [0, 0.05) is 16.6 Å². The molecule has 4 amide bonds. The van der Waals surface area contributed by atoms with Crippen molar-refractivity contribution in [1.82, 2.24) is 15.2 Å². The van der Waals surface area contributed by atoms with Gasteiger partial charge in [-0.3, -0.25) is 14.5 Å². The van der Waals surface area contributed by atoms with E-state index in [2.05, 4.69) is 15.6 Å². The summed E-state index contributed by atoms with van der Waals surface area (Å²) in [5.41, 5.74) is 1.46. The molecule has 3 heterocycles. The number of fused-ring (bicyclic) bond motifs is 1. The number of nitrogens with one attached hydrogen (secondary N) is 2. The van der Waals surface area contributed by atoms with Crippen molar-refractivity contribution >= 4 is 34.9 Å². The number of hydrogen-bond donors (Lipinski definition) is 2. The third-order valence-electron chi connectivity index (χ3n) is 5.76. The summed E-state index contributed by atoms with van der Waals surface area (Å²) in [5, 5.41) is 8.37. The summed E-state index contributed by atoms with van der Waals surface area (Å²) >= 11 is 1.54. The Kier molecular flexibility index (Phi) is 5.45. The fourth-order valence-electron chi connectivity index (χ4n) is 3.99. The standard InChI is InChI=1S/C24H22N4O5S/c1-14-25-18(13-34-14)15-4-3-5-17(10-15)26-21(29)12-28-22(30)24(2,27-23(28)31)16-6-7-19-20(11-16)33-9-8-32-19/h3-7,10-11,13H,8-9,12H2,1-2H3,(H,26,29)(H,27,31)/t24-/m0/s1. The Hall–Kier alpha value is -3.92. The molecule has 9 nitrogen and oxygen atoms in total. The number of rotatable bonds is 5. The van der Waals surface area contributed by atoms with E-state index in [0.717, 1.165) is 21.2 Å². The first kappa shape index (κ1) is 21.9. The zero-order valence-electron chi connectivity index (χ0n) is 18.6. The van der Waals surface area contributed by atoms with Crippen LogP contribution in [0.5, 0.6) is 11.5 Å². The second kappa shape index (κ2) is 8.45. The van der Waals surface area contributed by atoms with E-state index in [1.54, 1.807) is 48.6 Å². The van der Waals surface area contributed by atoms with Gasteiger partial charge >= 0.3 is 6.03 Å². The predicted octanol–water partition coefficient (Wildman–Crippen LogP) is 3.30. The molecule has 5 rings (SSSR count). The molecule has 1 atom stereocenters. The van der Waals surface area contributed by atoms with Crippen LogP contribution in [0.1, 0.15) is 17.5 Å². The molecule has 3 aromatic rings. The minimum Gasteiger partial charge on any atom is -0.486 e. The van der Waals surface area contributed by atoms with Crippen molar-refractivity contribution in [1.29, 1.82) is 0 Å². The van der Waals surface area contributed by atoms with Crippen molar-refractivity contribution in [3.63, 3.8) is 0 Å². The normalized spacial score (nSPS) is 19.2. The maximum Gasteiger partial charge on any atom is 0.325 e. The van der Waals surface area contributed by atoms with Gasteiger partial charge in [0.2, 0.25) is 5.91 Å². The number of imide groups is 1. The largest absolute Gasteiger partial charge is 0.486 e. The van der Waals surface area contributed by atoms with Gasteiger partial charge in [-0.15, -0.1) is 11.3 Å². The molecule has 0 radical (unpaired) electrons. The Balaban J connectivity index is 1.30. The van der Waals surface area contributed by atoms with E-state index in [0.29, 0.717) is 36.0 Å². The Bertz CT molecular complexity index is 1310. The van der Waals surface area contributed by atoms with Crippen LogP contribution in [0.25, 0.3) is 11.3 Å². The Labute approximate surface area is 199 Å². The van der Waals surface area contributed by atoms with Crippen LogP contribution in [0.3, 0.4) is 0 Å². The second-order valence-corrected chi connectivity index (χ2v) is 9.25. The Morgan fingerprint density at radius 3 is 2.74 bits per heavy atom. The first-order valence-electron chi connectivity index (χ1n) is 10.7. The monoisotopic (exact) mass is 478 g/mol. The van der Waals surface area contributed by atoms with Crippen LogP contribution in [0.4, 0.5) is 10.5 Å². The molecule has 0 saturated carbocycles. The summed E-state index contributed by atoms with van der Waals surface area (Å²) in [5.74, 6) is 0.0950. The summed E-state index contributed by atoms with van der Waals surface area (Å²) in [4.78, 5) is 44.0. The molecule has 1 aromatic heterocycles. The molecule has 1 fully saturated rings. The van der Waals surface area contributed by atoms with Gasteiger partial charge in [-0.05, 0) is 43.7 Å². The van der Waals surface area contributed by atoms with Gasteiger partial charge in [0.05, 0.1) is 10.7 Å². The number of amides is 4. The number of thiazole rings is 1. The highest BCUT2D eigenvalue weighted by atomic mass is 32.1. The van der Waals surface area contributed by atoms with Crippen molar-refractivity contribution in [3.8, 4) is 22.8 Å². The third-order valence-corrected chi connectivity index (χ3v) is 6.53. The highest BCUT2D eigenvalue weighted by molar-refractivity contribution is 7.09. The van der Waals surface area contributed by atoms with Crippen LogP contribution in [0, 0.1) is 6.92 Å². The van der Waals surface area contributed by atoms with Crippen LogP contribution >= 0.6 is 11.3 Å². The van der Waals surface area contributed by atoms with Gasteiger partial charge in [0.15, 0.2) is 11.5 Å². The number of ether oxygens (including phenoxy) is 2. The average molecular weight is 479 g/mol. The number of carbonyl (C=O) groups is 3. The van der Waals surface area contributed by atoms with Gasteiger partial charge in [-0.25, -0.2) is 9.78 Å². The van der Waals surface area contributed by atoms with E-state index >= 15 is 0 Å². The molecular weight excluding hydrogens is 456 g/mol. The highest BCUT2D eigenvalue weighted by Gasteiger charge is 2.49. The molecular formula is C24H22N4O5S. The molecule has 34 heavy (non-hydrogen) atoms. The SMILES string of the molecule is Cc1nc(-c2cccc(NC(=O)CN3C(=O)N[C@@](C)(c4ccc5c(c4)OCCO5)C3=O)c2)cs1.